The zero-order valence-corrected chi connectivity index (χ0v) is 21.1. The SMILES string of the molecule is C=C(C)C(=O)OC(C)N1c2ccc(C(=O)O)cc2NN1c1ccc(OCCCCCCCC)cc1O. The molecule has 1 aliphatic heterocycles. The lowest BCUT2D eigenvalue weighted by molar-refractivity contribution is -0.143. The number of hydrogen-bond donors (Lipinski definition) is 3. The Morgan fingerprint density at radius 2 is 1.75 bits per heavy atom. The van der Waals surface area contributed by atoms with Gasteiger partial charge in [-0.1, -0.05) is 45.6 Å². The van der Waals surface area contributed by atoms with Crippen molar-refractivity contribution in [1.29, 1.82) is 0 Å². The quantitative estimate of drug-likeness (QED) is 0.178. The molecule has 0 aliphatic carbocycles. The van der Waals surface area contributed by atoms with Crippen molar-refractivity contribution in [3.8, 4) is 11.5 Å². The number of anilines is 3. The van der Waals surface area contributed by atoms with Crippen molar-refractivity contribution in [3.63, 3.8) is 0 Å². The van der Waals surface area contributed by atoms with Crippen molar-refractivity contribution in [3.05, 3.63) is 54.1 Å². The highest BCUT2D eigenvalue weighted by Gasteiger charge is 2.35. The van der Waals surface area contributed by atoms with Crippen LogP contribution in [0.5, 0.6) is 11.5 Å². The summed E-state index contributed by atoms with van der Waals surface area (Å²) in [4.78, 5) is 23.7. The third kappa shape index (κ3) is 6.41. The summed E-state index contributed by atoms with van der Waals surface area (Å²) in [6.07, 6.45) is 6.14. The van der Waals surface area contributed by atoms with Gasteiger partial charge in [0, 0.05) is 11.6 Å². The fourth-order valence-corrected chi connectivity index (χ4v) is 3.92. The molecular formula is C27H35N3O6. The van der Waals surface area contributed by atoms with Crippen LogP contribution in [0.2, 0.25) is 0 Å². The van der Waals surface area contributed by atoms with Gasteiger partial charge in [0.2, 0.25) is 0 Å². The van der Waals surface area contributed by atoms with E-state index < -0.39 is 18.2 Å². The summed E-state index contributed by atoms with van der Waals surface area (Å²) in [7, 11) is 0. The van der Waals surface area contributed by atoms with Crippen LogP contribution >= 0.6 is 0 Å². The van der Waals surface area contributed by atoms with Crippen molar-refractivity contribution in [1.82, 2.24) is 0 Å². The molecule has 1 atom stereocenters. The molecule has 0 bridgehead atoms. The number of phenols is 1. The van der Waals surface area contributed by atoms with Crippen LogP contribution in [-0.2, 0) is 9.53 Å². The maximum absolute atomic E-state index is 12.2. The zero-order chi connectivity index (χ0) is 26.2. The number of nitrogens with one attached hydrogen (secondary N) is 1. The Hall–Kier alpha value is -3.88. The van der Waals surface area contributed by atoms with Crippen LogP contribution in [0.3, 0.4) is 0 Å². The van der Waals surface area contributed by atoms with E-state index in [1.807, 2.05) is 0 Å². The van der Waals surface area contributed by atoms with Gasteiger partial charge in [0.1, 0.15) is 17.2 Å². The first kappa shape index (κ1) is 26.7. The second-order valence-electron chi connectivity index (χ2n) is 8.86. The minimum atomic E-state index is -1.07. The number of hydrogen-bond acceptors (Lipinski definition) is 8. The van der Waals surface area contributed by atoms with Crippen molar-refractivity contribution in [2.75, 3.05) is 22.2 Å². The van der Waals surface area contributed by atoms with Gasteiger partial charge in [-0.25, -0.2) is 14.6 Å². The number of aromatic hydroxyl groups is 1. The number of nitrogens with zero attached hydrogens (tertiary/aromatic N) is 2. The molecule has 0 fully saturated rings. The average Bonchev–Trinajstić information content (AvgIpc) is 3.21. The number of aromatic carboxylic acids is 1. The number of carbonyl (C=O) groups excluding carboxylic acids is 1. The van der Waals surface area contributed by atoms with Crippen LogP contribution in [0.15, 0.2) is 48.6 Å². The van der Waals surface area contributed by atoms with E-state index in [9.17, 15) is 19.8 Å². The lowest BCUT2D eigenvalue weighted by atomic mass is 10.1. The molecule has 2 aromatic rings. The minimum absolute atomic E-state index is 0.0577. The predicted octanol–water partition coefficient (Wildman–Crippen LogP) is 5.86. The highest BCUT2D eigenvalue weighted by atomic mass is 16.6. The molecule has 1 unspecified atom stereocenters. The van der Waals surface area contributed by atoms with Crippen LogP contribution in [0.1, 0.15) is 69.7 Å². The molecule has 0 aromatic heterocycles. The van der Waals surface area contributed by atoms with Crippen molar-refractivity contribution >= 4 is 29.0 Å². The molecule has 0 saturated heterocycles. The number of esters is 1. The number of carboxylic acids is 1. The molecule has 3 rings (SSSR count). The topological polar surface area (TPSA) is 112 Å². The number of unbranched alkanes of at least 4 members (excludes halogenated alkanes) is 5. The maximum atomic E-state index is 12.2. The van der Waals surface area contributed by atoms with E-state index in [1.165, 1.54) is 49.0 Å². The van der Waals surface area contributed by atoms with Gasteiger partial charge >= 0.3 is 11.9 Å². The van der Waals surface area contributed by atoms with E-state index in [4.69, 9.17) is 9.47 Å². The Balaban J connectivity index is 1.78. The molecule has 194 valence electrons. The zero-order valence-electron chi connectivity index (χ0n) is 21.1. The van der Waals surface area contributed by atoms with Gasteiger partial charge in [0.15, 0.2) is 6.23 Å². The molecule has 2 aromatic carbocycles. The molecule has 9 nitrogen and oxygen atoms in total. The van der Waals surface area contributed by atoms with Gasteiger partial charge in [0.25, 0.3) is 0 Å². The van der Waals surface area contributed by atoms with Crippen LogP contribution < -0.4 is 20.3 Å². The van der Waals surface area contributed by atoms with Crippen molar-refractivity contribution in [2.24, 2.45) is 0 Å². The molecule has 1 aliphatic rings. The molecular weight excluding hydrogens is 462 g/mol. The number of benzene rings is 2. The molecule has 1 heterocycles. The first-order chi connectivity index (χ1) is 17.2. The average molecular weight is 498 g/mol. The fourth-order valence-electron chi connectivity index (χ4n) is 3.92. The van der Waals surface area contributed by atoms with Gasteiger partial charge in [-0.05, 0) is 50.6 Å². The molecule has 0 amide bonds. The van der Waals surface area contributed by atoms with Gasteiger partial charge in [-0.15, -0.1) is 0 Å². The summed E-state index contributed by atoms with van der Waals surface area (Å²) in [6, 6.07) is 9.53. The lowest BCUT2D eigenvalue weighted by Gasteiger charge is -2.35. The summed E-state index contributed by atoms with van der Waals surface area (Å²) in [5.74, 6) is -1.15. The molecule has 0 radical (unpaired) electrons. The van der Waals surface area contributed by atoms with E-state index in [0.29, 0.717) is 29.4 Å². The lowest BCUT2D eigenvalue weighted by Crippen LogP contribution is -2.49. The number of hydrazine groups is 2. The van der Waals surface area contributed by atoms with Gasteiger partial charge in [-0.3, -0.25) is 5.43 Å². The number of rotatable bonds is 13. The number of ether oxygens (including phenoxy) is 2. The van der Waals surface area contributed by atoms with E-state index >= 15 is 0 Å². The van der Waals surface area contributed by atoms with Crippen molar-refractivity contribution in [2.45, 2.75) is 65.5 Å². The Bertz CT molecular complexity index is 1100. The smallest absolute Gasteiger partial charge is 0.335 e. The largest absolute Gasteiger partial charge is 0.505 e. The first-order valence-electron chi connectivity index (χ1n) is 12.3. The van der Waals surface area contributed by atoms with Crippen LogP contribution in [0, 0.1) is 0 Å². The highest BCUT2D eigenvalue weighted by molar-refractivity contribution is 5.93. The van der Waals surface area contributed by atoms with E-state index in [0.717, 1.165) is 12.8 Å². The Morgan fingerprint density at radius 1 is 1.06 bits per heavy atom. The van der Waals surface area contributed by atoms with Crippen LogP contribution in [0.25, 0.3) is 0 Å². The van der Waals surface area contributed by atoms with Gasteiger partial charge < -0.3 is 19.7 Å². The second kappa shape index (κ2) is 12.2. The highest BCUT2D eigenvalue weighted by Crippen LogP contribution is 2.42. The Kier molecular flexibility index (Phi) is 9.05. The van der Waals surface area contributed by atoms with E-state index in [2.05, 4.69) is 18.9 Å². The molecule has 36 heavy (non-hydrogen) atoms. The number of phenolic OH excluding ortho intramolecular Hbond substituents is 1. The van der Waals surface area contributed by atoms with Crippen molar-refractivity contribution < 1.29 is 29.3 Å². The maximum Gasteiger partial charge on any atom is 0.335 e. The fraction of sp³-hybridized carbons (Fsp3) is 0.407. The Morgan fingerprint density at radius 3 is 2.42 bits per heavy atom. The molecule has 0 saturated carbocycles. The molecule has 3 N–H and O–H groups in total. The third-order valence-corrected chi connectivity index (χ3v) is 5.84. The molecule has 0 spiro atoms. The standard InChI is InChI=1S/C27H35N3O6/c1-5-6-7-8-9-10-15-35-21-12-14-24(25(31)17-21)30-28-22-16-20(26(32)33)11-13-23(22)29(30)19(4)36-27(34)18(2)3/h11-14,16-17,19,28,31H,2,5-10,15H2,1,3-4H3,(H,32,33). The van der Waals surface area contributed by atoms with Gasteiger partial charge in [-0.2, -0.15) is 5.12 Å². The number of carboxylic acid groups (broad SMARTS) is 1. The van der Waals surface area contributed by atoms with E-state index in [-0.39, 0.29) is 16.9 Å². The summed E-state index contributed by atoms with van der Waals surface area (Å²) >= 11 is 0. The summed E-state index contributed by atoms with van der Waals surface area (Å²) in [5, 5.41) is 23.4. The molecule has 9 heteroatoms. The summed E-state index contributed by atoms with van der Waals surface area (Å²) < 4.78 is 11.3. The second-order valence-corrected chi connectivity index (χ2v) is 8.86. The predicted molar refractivity (Wildman–Crippen MR) is 139 cm³/mol. The minimum Gasteiger partial charge on any atom is -0.505 e. The van der Waals surface area contributed by atoms with Crippen LogP contribution in [0.4, 0.5) is 17.1 Å². The van der Waals surface area contributed by atoms with Crippen LogP contribution in [-0.4, -0.2) is 35.0 Å². The normalized spacial score (nSPS) is 13.1. The summed E-state index contributed by atoms with van der Waals surface area (Å²) in [6.45, 7) is 9.60. The summed E-state index contributed by atoms with van der Waals surface area (Å²) in [5.41, 5.74) is 4.86. The number of fused-ring (bicyclic) bond motifs is 1. The Labute approximate surface area is 211 Å². The monoisotopic (exact) mass is 497 g/mol. The van der Waals surface area contributed by atoms with Gasteiger partial charge in [0.05, 0.1) is 23.5 Å². The van der Waals surface area contributed by atoms with E-state index in [1.54, 1.807) is 37.1 Å². The number of carbonyl (C=O) groups is 2. The first-order valence-corrected chi connectivity index (χ1v) is 12.3. The third-order valence-electron chi connectivity index (χ3n) is 5.84.